The summed E-state index contributed by atoms with van der Waals surface area (Å²) in [7, 11) is 0. The maximum Gasteiger partial charge on any atom is 0.311 e. The lowest BCUT2D eigenvalue weighted by molar-refractivity contribution is -0.143. The molecule has 1 aliphatic heterocycles. The third-order valence-corrected chi connectivity index (χ3v) is 5.53. The van der Waals surface area contributed by atoms with Crippen molar-refractivity contribution in [3.8, 4) is 11.5 Å². The number of hydrogen-bond donors (Lipinski definition) is 0. The molecule has 1 unspecified atom stereocenters. The van der Waals surface area contributed by atoms with Crippen molar-refractivity contribution in [2.24, 2.45) is 0 Å². The summed E-state index contributed by atoms with van der Waals surface area (Å²) in [6.45, 7) is 5.36. The van der Waals surface area contributed by atoms with E-state index >= 15 is 0 Å². The fourth-order valence-corrected chi connectivity index (χ4v) is 4.12. The molecule has 0 radical (unpaired) electrons. The third-order valence-electron chi connectivity index (χ3n) is 5.53. The van der Waals surface area contributed by atoms with Crippen molar-refractivity contribution in [3.63, 3.8) is 0 Å². The van der Waals surface area contributed by atoms with Crippen LogP contribution in [-0.4, -0.2) is 36.2 Å². The lowest BCUT2D eigenvalue weighted by atomic mass is 9.97. The summed E-state index contributed by atoms with van der Waals surface area (Å²) in [5, 5.41) is 0. The first-order valence-electron chi connectivity index (χ1n) is 10.7. The molecule has 7 heteroatoms. The molecule has 2 aromatic rings. The van der Waals surface area contributed by atoms with Gasteiger partial charge in [0.1, 0.15) is 11.5 Å². The number of carbonyl (C=O) groups is 3. The van der Waals surface area contributed by atoms with E-state index in [1.807, 2.05) is 32.0 Å². The minimum atomic E-state index is -0.644. The predicted octanol–water partition coefficient (Wildman–Crippen LogP) is 3.78. The summed E-state index contributed by atoms with van der Waals surface area (Å²) in [4.78, 5) is 37.4. The van der Waals surface area contributed by atoms with Crippen LogP contribution in [0.25, 0.3) is 0 Å². The van der Waals surface area contributed by atoms with Crippen molar-refractivity contribution in [2.45, 2.75) is 58.3 Å². The summed E-state index contributed by atoms with van der Waals surface area (Å²) in [6.07, 6.45) is 1.66. The fraction of sp³-hybridized carbons (Fsp3) is 0.400. The highest BCUT2D eigenvalue weighted by Gasteiger charge is 2.33. The summed E-state index contributed by atoms with van der Waals surface area (Å²) < 4.78 is 22.1. The van der Waals surface area contributed by atoms with Crippen LogP contribution in [-0.2, 0) is 31.9 Å². The summed E-state index contributed by atoms with van der Waals surface area (Å²) in [5.74, 6) is -1.49. The maximum absolute atomic E-state index is 13.2. The minimum Gasteiger partial charge on any atom is -0.426 e. The molecule has 0 amide bonds. The SMILES string of the molecule is CC(=O)Oc1cc(OC(=O)CCC2COC(C)(C)O2)cc2c1C(=O)c1ccccc1CC2. The van der Waals surface area contributed by atoms with Crippen LogP contribution >= 0.6 is 0 Å². The number of carbonyl (C=O) groups excluding carboxylic acids is 3. The van der Waals surface area contributed by atoms with Gasteiger partial charge in [0.2, 0.25) is 0 Å². The monoisotopic (exact) mass is 438 g/mol. The Bertz CT molecular complexity index is 1070. The zero-order valence-corrected chi connectivity index (χ0v) is 18.4. The van der Waals surface area contributed by atoms with Crippen molar-refractivity contribution >= 4 is 17.7 Å². The van der Waals surface area contributed by atoms with Gasteiger partial charge in [0, 0.05) is 25.0 Å². The number of benzene rings is 2. The average molecular weight is 438 g/mol. The molecular formula is C25H26O7. The highest BCUT2D eigenvalue weighted by atomic mass is 16.7. The van der Waals surface area contributed by atoms with E-state index < -0.39 is 17.7 Å². The molecule has 0 N–H and O–H groups in total. The molecule has 1 heterocycles. The average Bonchev–Trinajstić information content (AvgIpc) is 3.01. The zero-order chi connectivity index (χ0) is 22.9. The van der Waals surface area contributed by atoms with Gasteiger partial charge < -0.3 is 18.9 Å². The Kier molecular flexibility index (Phi) is 6.13. The fourth-order valence-electron chi connectivity index (χ4n) is 4.12. The Balaban J connectivity index is 1.55. The molecule has 168 valence electrons. The molecule has 1 atom stereocenters. The second-order valence-electron chi connectivity index (χ2n) is 8.50. The van der Waals surface area contributed by atoms with Gasteiger partial charge in [-0.3, -0.25) is 14.4 Å². The van der Waals surface area contributed by atoms with E-state index in [2.05, 4.69) is 0 Å². The Morgan fingerprint density at radius 1 is 1.09 bits per heavy atom. The quantitative estimate of drug-likeness (QED) is 0.519. The van der Waals surface area contributed by atoms with Crippen LogP contribution in [0.2, 0.25) is 0 Å². The van der Waals surface area contributed by atoms with Crippen LogP contribution in [0.4, 0.5) is 0 Å². The van der Waals surface area contributed by atoms with Crippen LogP contribution in [0, 0.1) is 0 Å². The van der Waals surface area contributed by atoms with Crippen molar-refractivity contribution in [1.82, 2.24) is 0 Å². The molecule has 1 fully saturated rings. The van der Waals surface area contributed by atoms with Gasteiger partial charge in [0.25, 0.3) is 0 Å². The third kappa shape index (κ3) is 4.89. The smallest absolute Gasteiger partial charge is 0.311 e. The van der Waals surface area contributed by atoms with Crippen molar-refractivity contribution in [1.29, 1.82) is 0 Å². The first-order chi connectivity index (χ1) is 15.2. The molecule has 32 heavy (non-hydrogen) atoms. The number of rotatable bonds is 5. The molecular weight excluding hydrogens is 412 g/mol. The van der Waals surface area contributed by atoms with Gasteiger partial charge in [-0.15, -0.1) is 0 Å². The molecule has 1 saturated heterocycles. The second-order valence-corrected chi connectivity index (χ2v) is 8.50. The first-order valence-corrected chi connectivity index (χ1v) is 10.7. The highest BCUT2D eigenvalue weighted by molar-refractivity contribution is 6.13. The van der Waals surface area contributed by atoms with Crippen molar-refractivity contribution in [3.05, 3.63) is 58.7 Å². The number of esters is 2. The van der Waals surface area contributed by atoms with E-state index in [1.165, 1.54) is 13.0 Å². The van der Waals surface area contributed by atoms with Crippen LogP contribution in [0.5, 0.6) is 11.5 Å². The van der Waals surface area contributed by atoms with Gasteiger partial charge in [0.15, 0.2) is 11.6 Å². The summed E-state index contributed by atoms with van der Waals surface area (Å²) in [5.41, 5.74) is 2.54. The minimum absolute atomic E-state index is 0.105. The second kappa shape index (κ2) is 8.84. The van der Waals surface area contributed by atoms with Gasteiger partial charge in [0.05, 0.1) is 18.3 Å². The van der Waals surface area contributed by atoms with E-state index in [0.29, 0.717) is 42.6 Å². The molecule has 0 spiro atoms. The van der Waals surface area contributed by atoms with Gasteiger partial charge >= 0.3 is 11.9 Å². The molecule has 1 aliphatic carbocycles. The molecule has 0 bridgehead atoms. The zero-order valence-electron chi connectivity index (χ0n) is 18.4. The Labute approximate surface area is 186 Å². The van der Waals surface area contributed by atoms with Gasteiger partial charge in [-0.05, 0) is 50.3 Å². The molecule has 0 saturated carbocycles. The predicted molar refractivity (Wildman–Crippen MR) is 115 cm³/mol. The Hall–Kier alpha value is -3.03. The number of aryl methyl sites for hydroxylation is 2. The maximum atomic E-state index is 13.2. The van der Waals surface area contributed by atoms with Gasteiger partial charge in [-0.25, -0.2) is 0 Å². The van der Waals surface area contributed by atoms with E-state index in [0.717, 1.165) is 5.56 Å². The van der Waals surface area contributed by atoms with Crippen LogP contribution < -0.4 is 9.47 Å². The standard InChI is InChI=1S/C25H26O7/c1-15(26)30-21-13-19(31-22(27)11-10-18-14-29-25(2,3)32-18)12-17-9-8-16-6-4-5-7-20(16)24(28)23(17)21/h4-7,12-13,18H,8-11,14H2,1-3H3. The Morgan fingerprint density at radius 3 is 2.56 bits per heavy atom. The number of fused-ring (bicyclic) bond motifs is 2. The normalized spacial score (nSPS) is 19.0. The lowest BCUT2D eigenvalue weighted by Gasteiger charge is -2.17. The lowest BCUT2D eigenvalue weighted by Crippen LogP contribution is -2.22. The van der Waals surface area contributed by atoms with Gasteiger partial charge in [-0.1, -0.05) is 24.3 Å². The molecule has 2 aromatic carbocycles. The van der Waals surface area contributed by atoms with Crippen LogP contribution in [0.1, 0.15) is 60.7 Å². The van der Waals surface area contributed by atoms with Crippen LogP contribution in [0.3, 0.4) is 0 Å². The van der Waals surface area contributed by atoms with Crippen LogP contribution in [0.15, 0.2) is 36.4 Å². The first kappa shape index (κ1) is 22.2. The molecule has 2 aliphatic rings. The van der Waals surface area contributed by atoms with E-state index in [1.54, 1.807) is 12.1 Å². The summed E-state index contributed by atoms with van der Waals surface area (Å²) >= 11 is 0. The largest absolute Gasteiger partial charge is 0.426 e. The van der Waals surface area contributed by atoms with E-state index in [4.69, 9.17) is 18.9 Å². The Morgan fingerprint density at radius 2 is 1.84 bits per heavy atom. The van der Waals surface area contributed by atoms with E-state index in [-0.39, 0.29) is 29.8 Å². The van der Waals surface area contributed by atoms with E-state index in [9.17, 15) is 14.4 Å². The van der Waals surface area contributed by atoms with Crippen molar-refractivity contribution < 1.29 is 33.3 Å². The molecule has 4 rings (SSSR count). The molecule has 0 aromatic heterocycles. The summed E-state index contributed by atoms with van der Waals surface area (Å²) in [6, 6.07) is 10.5. The van der Waals surface area contributed by atoms with Crippen molar-refractivity contribution in [2.75, 3.05) is 6.61 Å². The number of ether oxygens (including phenoxy) is 4. The molecule has 7 nitrogen and oxygen atoms in total. The number of ketones is 1. The topological polar surface area (TPSA) is 88.1 Å². The van der Waals surface area contributed by atoms with Gasteiger partial charge in [-0.2, -0.15) is 0 Å². The highest BCUT2D eigenvalue weighted by Crippen LogP contribution is 2.35. The number of hydrogen-bond acceptors (Lipinski definition) is 7.